The van der Waals surface area contributed by atoms with Crippen LogP contribution in [0, 0.1) is 0 Å². The van der Waals surface area contributed by atoms with Crippen LogP contribution < -0.4 is 0 Å². The first-order valence-corrected chi connectivity index (χ1v) is 6.59. The number of aryl methyl sites for hydroxylation is 1. The topological polar surface area (TPSA) is 46.5 Å². The highest BCUT2D eigenvalue weighted by atomic mass is 16.5. The minimum atomic E-state index is -0.102. The van der Waals surface area contributed by atoms with Gasteiger partial charge in [-0.2, -0.15) is 0 Å². The van der Waals surface area contributed by atoms with E-state index in [1.54, 1.807) is 12.1 Å². The summed E-state index contributed by atoms with van der Waals surface area (Å²) in [5, 5.41) is 9.16. The number of hydrogen-bond acceptors (Lipinski definition) is 3. The van der Waals surface area contributed by atoms with E-state index in [0.29, 0.717) is 12.2 Å². The Labute approximate surface area is 109 Å². The van der Waals surface area contributed by atoms with Crippen molar-refractivity contribution in [3.05, 3.63) is 29.8 Å². The summed E-state index contributed by atoms with van der Waals surface area (Å²) in [7, 11) is 0. The predicted octanol–water partition coefficient (Wildman–Crippen LogP) is 3.45. The molecule has 1 unspecified atom stereocenters. The molecule has 18 heavy (non-hydrogen) atoms. The maximum atomic E-state index is 11.3. The van der Waals surface area contributed by atoms with Gasteiger partial charge in [0.25, 0.3) is 0 Å². The number of phenolic OH excluding ortho intramolecular Hbond substituents is 1. The Kier molecular flexibility index (Phi) is 6.26. The van der Waals surface area contributed by atoms with Crippen LogP contribution in [0.25, 0.3) is 0 Å². The van der Waals surface area contributed by atoms with Crippen LogP contribution in [0.5, 0.6) is 5.75 Å². The molecule has 1 aromatic rings. The average molecular weight is 250 g/mol. The van der Waals surface area contributed by atoms with Crippen LogP contribution in [0.3, 0.4) is 0 Å². The zero-order valence-corrected chi connectivity index (χ0v) is 11.2. The first-order chi connectivity index (χ1) is 8.61. The lowest BCUT2D eigenvalue weighted by molar-refractivity contribution is -0.148. The van der Waals surface area contributed by atoms with Gasteiger partial charge < -0.3 is 9.84 Å². The highest BCUT2D eigenvalue weighted by Gasteiger charge is 2.08. The van der Waals surface area contributed by atoms with E-state index in [9.17, 15) is 4.79 Å². The summed E-state index contributed by atoms with van der Waals surface area (Å²) in [5.74, 6) is 0.190. The second-order valence-corrected chi connectivity index (χ2v) is 4.61. The van der Waals surface area contributed by atoms with Crippen molar-refractivity contribution in [2.24, 2.45) is 0 Å². The molecule has 0 saturated carbocycles. The van der Waals surface area contributed by atoms with E-state index in [1.165, 1.54) is 5.56 Å². The molecule has 0 aromatic heterocycles. The summed E-state index contributed by atoms with van der Waals surface area (Å²) >= 11 is 0. The maximum Gasteiger partial charge on any atom is 0.306 e. The molecule has 0 spiro atoms. The first kappa shape index (κ1) is 14.6. The number of aromatic hydroxyl groups is 1. The van der Waals surface area contributed by atoms with Crippen LogP contribution in [-0.2, 0) is 16.0 Å². The van der Waals surface area contributed by atoms with Crippen LogP contribution >= 0.6 is 0 Å². The Morgan fingerprint density at radius 1 is 1.33 bits per heavy atom. The van der Waals surface area contributed by atoms with Gasteiger partial charge in [-0.3, -0.25) is 4.79 Å². The van der Waals surface area contributed by atoms with E-state index in [2.05, 4.69) is 0 Å². The van der Waals surface area contributed by atoms with Gasteiger partial charge in [0.05, 0.1) is 6.10 Å². The van der Waals surface area contributed by atoms with Gasteiger partial charge in [0.15, 0.2) is 0 Å². The summed E-state index contributed by atoms with van der Waals surface area (Å²) in [6, 6.07) is 7.23. The Morgan fingerprint density at radius 2 is 2.00 bits per heavy atom. The van der Waals surface area contributed by atoms with Gasteiger partial charge in [-0.1, -0.05) is 19.1 Å². The third-order valence-corrected chi connectivity index (χ3v) is 2.80. The van der Waals surface area contributed by atoms with Gasteiger partial charge in [-0.25, -0.2) is 0 Å². The molecule has 0 saturated heterocycles. The van der Waals surface area contributed by atoms with Crippen molar-refractivity contribution in [2.75, 3.05) is 0 Å². The lowest BCUT2D eigenvalue weighted by Gasteiger charge is -2.12. The first-order valence-electron chi connectivity index (χ1n) is 6.59. The molecule has 0 heterocycles. The molecule has 100 valence electrons. The van der Waals surface area contributed by atoms with Crippen LogP contribution in [0.1, 0.15) is 45.1 Å². The summed E-state index contributed by atoms with van der Waals surface area (Å²) in [6.07, 6.45) is 4.11. The number of ether oxygens (including phenoxy) is 1. The monoisotopic (exact) mass is 250 g/mol. The molecule has 0 fully saturated rings. The van der Waals surface area contributed by atoms with Crippen molar-refractivity contribution in [1.82, 2.24) is 0 Å². The minimum Gasteiger partial charge on any atom is -0.508 e. The lowest BCUT2D eigenvalue weighted by atomic mass is 10.1. The van der Waals surface area contributed by atoms with E-state index in [1.807, 2.05) is 26.0 Å². The fourth-order valence-corrected chi connectivity index (χ4v) is 1.80. The number of hydrogen-bond donors (Lipinski definition) is 1. The van der Waals surface area contributed by atoms with Crippen LogP contribution in [0.15, 0.2) is 24.3 Å². The van der Waals surface area contributed by atoms with Gasteiger partial charge >= 0.3 is 5.97 Å². The molecule has 0 bridgehead atoms. The molecule has 1 aromatic carbocycles. The highest BCUT2D eigenvalue weighted by molar-refractivity contribution is 5.69. The smallest absolute Gasteiger partial charge is 0.306 e. The van der Waals surface area contributed by atoms with Gasteiger partial charge in [0.2, 0.25) is 0 Å². The van der Waals surface area contributed by atoms with Crippen molar-refractivity contribution in [3.8, 4) is 5.75 Å². The lowest BCUT2D eigenvalue weighted by Crippen LogP contribution is -2.14. The standard InChI is InChI=1S/C15H22O3/c1-3-5-15(17)18-12(2)6-4-7-13-8-10-14(16)11-9-13/h8-12,16H,3-7H2,1-2H3. The minimum absolute atomic E-state index is 0.0128. The second-order valence-electron chi connectivity index (χ2n) is 4.61. The van der Waals surface area contributed by atoms with E-state index in [-0.39, 0.29) is 12.1 Å². The number of rotatable bonds is 7. The Balaban J connectivity index is 2.21. The Hall–Kier alpha value is -1.51. The molecule has 1 N–H and O–H groups in total. The van der Waals surface area contributed by atoms with Crippen molar-refractivity contribution < 1.29 is 14.6 Å². The molecule has 0 aliphatic heterocycles. The molecule has 3 heteroatoms. The average Bonchev–Trinajstić information content (AvgIpc) is 2.32. The number of carbonyl (C=O) groups is 1. The fourth-order valence-electron chi connectivity index (χ4n) is 1.80. The SMILES string of the molecule is CCCC(=O)OC(C)CCCc1ccc(O)cc1. The van der Waals surface area contributed by atoms with Gasteiger partial charge in [0, 0.05) is 6.42 Å². The van der Waals surface area contributed by atoms with Gasteiger partial charge in [-0.15, -0.1) is 0 Å². The van der Waals surface area contributed by atoms with Crippen molar-refractivity contribution in [2.45, 2.75) is 52.1 Å². The number of phenols is 1. The zero-order valence-electron chi connectivity index (χ0n) is 11.2. The summed E-state index contributed by atoms with van der Waals surface area (Å²) in [6.45, 7) is 3.90. The normalized spacial score (nSPS) is 12.1. The molecule has 3 nitrogen and oxygen atoms in total. The van der Waals surface area contributed by atoms with E-state index in [4.69, 9.17) is 9.84 Å². The zero-order chi connectivity index (χ0) is 13.4. The van der Waals surface area contributed by atoms with Crippen LogP contribution in [-0.4, -0.2) is 17.2 Å². The molecule has 0 amide bonds. The number of carbonyl (C=O) groups excluding carboxylic acids is 1. The highest BCUT2D eigenvalue weighted by Crippen LogP contribution is 2.13. The molecule has 1 atom stereocenters. The fraction of sp³-hybridized carbons (Fsp3) is 0.533. The summed E-state index contributed by atoms with van der Waals surface area (Å²) in [5.41, 5.74) is 1.19. The van der Waals surface area contributed by atoms with Gasteiger partial charge in [0.1, 0.15) is 5.75 Å². The largest absolute Gasteiger partial charge is 0.508 e. The van der Waals surface area contributed by atoms with Crippen molar-refractivity contribution in [3.63, 3.8) is 0 Å². The predicted molar refractivity (Wildman–Crippen MR) is 71.5 cm³/mol. The van der Waals surface area contributed by atoms with Crippen molar-refractivity contribution >= 4 is 5.97 Å². The molecule has 1 rings (SSSR count). The molecular formula is C15H22O3. The quantitative estimate of drug-likeness (QED) is 0.754. The third-order valence-electron chi connectivity index (χ3n) is 2.80. The summed E-state index contributed by atoms with van der Waals surface area (Å²) in [4.78, 5) is 11.3. The Morgan fingerprint density at radius 3 is 2.61 bits per heavy atom. The second kappa shape index (κ2) is 7.75. The number of benzene rings is 1. The summed E-state index contributed by atoms with van der Waals surface area (Å²) < 4.78 is 5.27. The Bertz CT molecular complexity index is 357. The van der Waals surface area contributed by atoms with E-state index < -0.39 is 0 Å². The molecular weight excluding hydrogens is 228 g/mol. The van der Waals surface area contributed by atoms with Crippen LogP contribution in [0.2, 0.25) is 0 Å². The van der Waals surface area contributed by atoms with E-state index in [0.717, 1.165) is 25.7 Å². The van der Waals surface area contributed by atoms with Crippen molar-refractivity contribution in [1.29, 1.82) is 0 Å². The molecule has 0 radical (unpaired) electrons. The molecule has 0 aliphatic rings. The third kappa shape index (κ3) is 5.71. The maximum absolute atomic E-state index is 11.3. The van der Waals surface area contributed by atoms with E-state index >= 15 is 0 Å². The molecule has 0 aliphatic carbocycles. The van der Waals surface area contributed by atoms with Crippen LogP contribution in [0.4, 0.5) is 0 Å². The van der Waals surface area contributed by atoms with Gasteiger partial charge in [-0.05, 0) is 50.3 Å². The number of esters is 1.